The van der Waals surface area contributed by atoms with Crippen molar-refractivity contribution in [3.05, 3.63) is 29.3 Å². The standard InChI is InChI=1S/C14H19NO3S2/c1-12-11-14(20(17,18)15-8-10-19-2)7-6-13(12)5-3-4-9-16/h6-7,11,15-16H,4,8-10H2,1-2H3. The fraction of sp³-hybridized carbons (Fsp3) is 0.429. The summed E-state index contributed by atoms with van der Waals surface area (Å²) in [6.07, 6.45) is 2.34. The predicted molar refractivity (Wildman–Crippen MR) is 83.3 cm³/mol. The van der Waals surface area contributed by atoms with Crippen LogP contribution in [-0.2, 0) is 10.0 Å². The number of aryl methyl sites for hydroxylation is 1. The van der Waals surface area contributed by atoms with E-state index in [9.17, 15) is 8.42 Å². The van der Waals surface area contributed by atoms with Gasteiger partial charge >= 0.3 is 0 Å². The van der Waals surface area contributed by atoms with E-state index in [0.29, 0.717) is 13.0 Å². The van der Waals surface area contributed by atoms with Gasteiger partial charge in [-0.2, -0.15) is 11.8 Å². The highest BCUT2D eigenvalue weighted by Gasteiger charge is 2.13. The number of sulfonamides is 1. The minimum Gasteiger partial charge on any atom is -0.395 e. The van der Waals surface area contributed by atoms with Crippen molar-refractivity contribution in [3.63, 3.8) is 0 Å². The Labute approximate surface area is 125 Å². The minimum absolute atomic E-state index is 0.0257. The molecule has 1 aromatic carbocycles. The van der Waals surface area contributed by atoms with E-state index >= 15 is 0 Å². The van der Waals surface area contributed by atoms with Crippen LogP contribution in [0.2, 0.25) is 0 Å². The summed E-state index contributed by atoms with van der Waals surface area (Å²) >= 11 is 1.59. The zero-order chi connectivity index (χ0) is 15.0. The largest absolute Gasteiger partial charge is 0.395 e. The number of rotatable bonds is 6. The van der Waals surface area contributed by atoms with Gasteiger partial charge in [0.25, 0.3) is 0 Å². The molecule has 0 aromatic heterocycles. The summed E-state index contributed by atoms with van der Waals surface area (Å²) in [5, 5.41) is 8.68. The van der Waals surface area contributed by atoms with E-state index in [2.05, 4.69) is 16.6 Å². The quantitative estimate of drug-likeness (QED) is 0.615. The van der Waals surface area contributed by atoms with E-state index in [1.165, 1.54) is 0 Å². The molecular weight excluding hydrogens is 294 g/mol. The number of thioether (sulfide) groups is 1. The number of hydrogen-bond donors (Lipinski definition) is 2. The first-order valence-electron chi connectivity index (χ1n) is 6.20. The summed E-state index contributed by atoms with van der Waals surface area (Å²) in [6, 6.07) is 4.87. The molecule has 0 spiro atoms. The zero-order valence-electron chi connectivity index (χ0n) is 11.6. The SMILES string of the molecule is CSCCNS(=O)(=O)c1ccc(C#CCCO)c(C)c1. The molecule has 20 heavy (non-hydrogen) atoms. The number of hydrogen-bond acceptors (Lipinski definition) is 4. The summed E-state index contributed by atoms with van der Waals surface area (Å²) in [4.78, 5) is 0.254. The van der Waals surface area contributed by atoms with Gasteiger partial charge in [0.15, 0.2) is 0 Å². The molecule has 4 nitrogen and oxygen atoms in total. The minimum atomic E-state index is -3.45. The maximum Gasteiger partial charge on any atom is 0.240 e. The van der Waals surface area contributed by atoms with Gasteiger partial charge in [0.2, 0.25) is 10.0 Å². The maximum atomic E-state index is 12.0. The maximum absolute atomic E-state index is 12.0. The second-order valence-electron chi connectivity index (χ2n) is 4.14. The molecule has 0 aliphatic heterocycles. The molecule has 0 fully saturated rings. The molecule has 0 atom stereocenters. The lowest BCUT2D eigenvalue weighted by molar-refractivity contribution is 0.305. The Hall–Kier alpha value is -1.00. The summed E-state index contributed by atoms with van der Waals surface area (Å²) in [6.45, 7) is 2.27. The van der Waals surface area contributed by atoms with Crippen LogP contribution in [0.25, 0.3) is 0 Å². The van der Waals surface area contributed by atoms with Gasteiger partial charge in [-0.3, -0.25) is 0 Å². The third-order valence-electron chi connectivity index (χ3n) is 2.57. The lowest BCUT2D eigenvalue weighted by atomic mass is 10.1. The first kappa shape index (κ1) is 17.1. The average molecular weight is 313 g/mol. The topological polar surface area (TPSA) is 66.4 Å². The number of nitrogens with one attached hydrogen (secondary N) is 1. The predicted octanol–water partition coefficient (Wildman–Crippen LogP) is 1.37. The summed E-state index contributed by atoms with van der Waals surface area (Å²) in [5.74, 6) is 6.48. The second kappa shape index (κ2) is 8.32. The molecule has 0 unspecified atom stereocenters. The molecule has 6 heteroatoms. The van der Waals surface area contributed by atoms with Crippen molar-refractivity contribution in [2.45, 2.75) is 18.2 Å². The van der Waals surface area contributed by atoms with Crippen molar-refractivity contribution in [2.75, 3.05) is 25.2 Å². The zero-order valence-corrected chi connectivity index (χ0v) is 13.3. The summed E-state index contributed by atoms with van der Waals surface area (Å²) in [7, 11) is -3.45. The lowest BCUT2D eigenvalue weighted by Crippen LogP contribution is -2.26. The fourth-order valence-corrected chi connectivity index (χ4v) is 3.07. The monoisotopic (exact) mass is 313 g/mol. The first-order valence-corrected chi connectivity index (χ1v) is 9.08. The molecule has 0 aliphatic rings. The Balaban J connectivity index is 2.89. The van der Waals surface area contributed by atoms with Crippen LogP contribution in [0.4, 0.5) is 0 Å². The second-order valence-corrected chi connectivity index (χ2v) is 6.90. The van der Waals surface area contributed by atoms with Crippen LogP contribution >= 0.6 is 11.8 Å². The van der Waals surface area contributed by atoms with Crippen molar-refractivity contribution in [3.8, 4) is 11.8 Å². The Morgan fingerprint density at radius 1 is 1.40 bits per heavy atom. The molecule has 0 aliphatic carbocycles. The molecule has 0 bridgehead atoms. The smallest absolute Gasteiger partial charge is 0.240 e. The fourth-order valence-electron chi connectivity index (χ4n) is 1.52. The normalized spacial score (nSPS) is 10.9. The molecule has 110 valence electrons. The van der Waals surface area contributed by atoms with Gasteiger partial charge < -0.3 is 5.11 Å². The Bertz CT molecular complexity index is 601. The van der Waals surface area contributed by atoms with Gasteiger partial charge in [0.05, 0.1) is 11.5 Å². The van der Waals surface area contributed by atoms with Gasteiger partial charge in [-0.05, 0) is 36.9 Å². The molecule has 0 heterocycles. The molecule has 1 rings (SSSR count). The first-order chi connectivity index (χ1) is 9.51. The van der Waals surface area contributed by atoms with Crippen molar-refractivity contribution < 1.29 is 13.5 Å². The molecular formula is C14H19NO3S2. The lowest BCUT2D eigenvalue weighted by Gasteiger charge is -2.07. The van der Waals surface area contributed by atoms with Gasteiger partial charge in [-0.15, -0.1) is 0 Å². The van der Waals surface area contributed by atoms with E-state index in [1.807, 2.05) is 13.2 Å². The third kappa shape index (κ3) is 5.17. The number of benzene rings is 1. The van der Waals surface area contributed by atoms with Crippen LogP contribution in [0.1, 0.15) is 17.5 Å². The third-order valence-corrected chi connectivity index (χ3v) is 4.64. The van der Waals surface area contributed by atoms with Gasteiger partial charge in [0.1, 0.15) is 0 Å². The molecule has 0 saturated heterocycles. The van der Waals surface area contributed by atoms with E-state index in [0.717, 1.165) is 16.9 Å². The van der Waals surface area contributed by atoms with E-state index in [-0.39, 0.29) is 11.5 Å². The van der Waals surface area contributed by atoms with Crippen LogP contribution in [0.15, 0.2) is 23.1 Å². The van der Waals surface area contributed by atoms with Gasteiger partial charge in [-0.25, -0.2) is 13.1 Å². The molecule has 0 radical (unpaired) electrons. The van der Waals surface area contributed by atoms with Crippen molar-refractivity contribution >= 4 is 21.8 Å². The molecule has 2 N–H and O–H groups in total. The van der Waals surface area contributed by atoms with Gasteiger partial charge in [-0.1, -0.05) is 11.8 Å². The van der Waals surface area contributed by atoms with Crippen LogP contribution < -0.4 is 4.72 Å². The highest BCUT2D eigenvalue weighted by molar-refractivity contribution is 7.98. The van der Waals surface area contributed by atoms with Crippen molar-refractivity contribution in [2.24, 2.45) is 0 Å². The van der Waals surface area contributed by atoms with Crippen LogP contribution in [0.5, 0.6) is 0 Å². The summed E-state index contributed by atoms with van der Waals surface area (Å²) < 4.78 is 26.6. The van der Waals surface area contributed by atoms with E-state index < -0.39 is 10.0 Å². The van der Waals surface area contributed by atoms with Gasteiger partial charge in [0, 0.05) is 24.3 Å². The Morgan fingerprint density at radius 2 is 2.15 bits per heavy atom. The Kier molecular flexibility index (Phi) is 7.10. The van der Waals surface area contributed by atoms with Crippen molar-refractivity contribution in [1.29, 1.82) is 0 Å². The number of aliphatic hydroxyl groups is 1. The molecule has 0 saturated carbocycles. The van der Waals surface area contributed by atoms with Crippen LogP contribution in [0.3, 0.4) is 0 Å². The Morgan fingerprint density at radius 3 is 2.75 bits per heavy atom. The molecule has 1 aromatic rings. The average Bonchev–Trinajstić information content (AvgIpc) is 2.41. The van der Waals surface area contributed by atoms with Crippen molar-refractivity contribution in [1.82, 2.24) is 4.72 Å². The molecule has 0 amide bonds. The highest BCUT2D eigenvalue weighted by Crippen LogP contribution is 2.14. The summed E-state index contributed by atoms with van der Waals surface area (Å²) in [5.41, 5.74) is 1.59. The van der Waals surface area contributed by atoms with Crippen LogP contribution in [0, 0.1) is 18.8 Å². The number of aliphatic hydroxyl groups excluding tert-OH is 1. The van der Waals surface area contributed by atoms with Crippen LogP contribution in [-0.4, -0.2) is 38.7 Å². The highest BCUT2D eigenvalue weighted by atomic mass is 32.2. The van der Waals surface area contributed by atoms with E-state index in [4.69, 9.17) is 5.11 Å². The van der Waals surface area contributed by atoms with E-state index in [1.54, 1.807) is 30.0 Å².